The molecule has 124 valence electrons. The Morgan fingerprint density at radius 3 is 2.61 bits per heavy atom. The maximum atomic E-state index is 13.2. The molecule has 2 aromatic heterocycles. The number of nitrogens with one attached hydrogen (secondary N) is 1. The summed E-state index contributed by atoms with van der Waals surface area (Å²) in [6, 6.07) is 0.867. The summed E-state index contributed by atoms with van der Waals surface area (Å²) in [4.78, 5) is 18.7. The van der Waals surface area contributed by atoms with E-state index in [9.17, 15) is 26.7 Å². The van der Waals surface area contributed by atoms with Crippen LogP contribution < -0.4 is 5.32 Å². The van der Waals surface area contributed by atoms with Gasteiger partial charge in [0, 0.05) is 17.3 Å². The average Bonchev–Trinajstić information content (AvgIpc) is 2.85. The van der Waals surface area contributed by atoms with E-state index in [0.29, 0.717) is 16.9 Å². The lowest BCUT2D eigenvalue weighted by molar-refractivity contribution is -0.115. The maximum Gasteiger partial charge on any atom is 0.405 e. The third kappa shape index (κ3) is 4.21. The van der Waals surface area contributed by atoms with Crippen molar-refractivity contribution in [2.75, 3.05) is 11.9 Å². The topological polar surface area (TPSA) is 54.9 Å². The molecule has 2 rings (SSSR count). The first-order valence-corrected chi connectivity index (χ1v) is 7.04. The number of pyridine rings is 1. The minimum absolute atomic E-state index is 0.0423. The molecule has 0 aliphatic heterocycles. The molecule has 0 amide bonds. The van der Waals surface area contributed by atoms with Gasteiger partial charge in [0.2, 0.25) is 0 Å². The summed E-state index contributed by atoms with van der Waals surface area (Å²) < 4.78 is 62.9. The van der Waals surface area contributed by atoms with E-state index in [4.69, 9.17) is 0 Å². The monoisotopic (exact) mass is 351 g/mol. The van der Waals surface area contributed by atoms with Crippen molar-refractivity contribution in [3.8, 4) is 10.4 Å². The highest BCUT2D eigenvalue weighted by atomic mass is 32.1. The van der Waals surface area contributed by atoms with Crippen molar-refractivity contribution in [2.45, 2.75) is 19.5 Å². The molecule has 10 heteroatoms. The summed E-state index contributed by atoms with van der Waals surface area (Å²) in [7, 11) is 0. The number of anilines is 1. The molecule has 0 aliphatic carbocycles. The zero-order chi connectivity index (χ0) is 17.2. The van der Waals surface area contributed by atoms with Gasteiger partial charge in [-0.2, -0.15) is 13.2 Å². The van der Waals surface area contributed by atoms with Crippen LogP contribution in [0.3, 0.4) is 0 Å². The number of aldehydes is 1. The van der Waals surface area contributed by atoms with Crippen LogP contribution >= 0.6 is 11.3 Å². The molecule has 0 radical (unpaired) electrons. The quantitative estimate of drug-likeness (QED) is 0.647. The number of aromatic nitrogens is 2. The number of carbonyl (C=O) groups is 1. The van der Waals surface area contributed by atoms with E-state index in [1.807, 2.05) is 5.32 Å². The fourth-order valence-electron chi connectivity index (χ4n) is 1.85. The van der Waals surface area contributed by atoms with Crippen molar-refractivity contribution in [1.82, 2.24) is 9.97 Å². The molecule has 2 aromatic rings. The van der Waals surface area contributed by atoms with E-state index in [2.05, 4.69) is 9.97 Å². The van der Waals surface area contributed by atoms with E-state index in [1.54, 1.807) is 6.92 Å². The molecule has 0 aromatic carbocycles. The lowest BCUT2D eigenvalue weighted by Gasteiger charge is -2.12. The van der Waals surface area contributed by atoms with Gasteiger partial charge >= 0.3 is 6.18 Å². The van der Waals surface area contributed by atoms with Crippen molar-refractivity contribution in [2.24, 2.45) is 0 Å². The summed E-state index contributed by atoms with van der Waals surface area (Å²) in [6.07, 6.45) is -5.86. The van der Waals surface area contributed by atoms with Gasteiger partial charge in [-0.15, -0.1) is 11.3 Å². The van der Waals surface area contributed by atoms with Crippen LogP contribution in [0.15, 0.2) is 12.3 Å². The summed E-state index contributed by atoms with van der Waals surface area (Å²) in [5, 5.41) is 2.07. The number of halogens is 5. The first-order chi connectivity index (χ1) is 10.7. The highest BCUT2D eigenvalue weighted by molar-refractivity contribution is 7.16. The zero-order valence-corrected chi connectivity index (χ0v) is 12.4. The van der Waals surface area contributed by atoms with Gasteiger partial charge in [0.1, 0.15) is 12.4 Å². The van der Waals surface area contributed by atoms with Crippen molar-refractivity contribution in [3.63, 3.8) is 0 Å². The van der Waals surface area contributed by atoms with Crippen molar-refractivity contribution >= 4 is 23.4 Å². The second kappa shape index (κ2) is 6.57. The number of aryl methyl sites for hydroxylation is 1. The van der Waals surface area contributed by atoms with Gasteiger partial charge in [0.15, 0.2) is 11.3 Å². The Balaban J connectivity index is 2.40. The minimum atomic E-state index is -4.49. The van der Waals surface area contributed by atoms with Crippen molar-refractivity contribution in [1.29, 1.82) is 0 Å². The Labute approximate surface area is 131 Å². The van der Waals surface area contributed by atoms with Crippen LogP contribution in [-0.4, -0.2) is 29.0 Å². The second-order valence-electron chi connectivity index (χ2n) is 4.51. The van der Waals surface area contributed by atoms with Crippen LogP contribution in [0.25, 0.3) is 10.4 Å². The summed E-state index contributed by atoms with van der Waals surface area (Å²) in [5.41, 5.74) is -0.0636. The molecule has 0 aliphatic rings. The Morgan fingerprint density at radius 2 is 2.09 bits per heavy atom. The van der Waals surface area contributed by atoms with Crippen LogP contribution in [0, 0.1) is 6.92 Å². The summed E-state index contributed by atoms with van der Waals surface area (Å²) in [5.74, 6) is -0.306. The van der Waals surface area contributed by atoms with E-state index in [1.165, 1.54) is 0 Å². The Kier molecular flexibility index (Phi) is 4.93. The zero-order valence-electron chi connectivity index (χ0n) is 11.6. The molecule has 0 bridgehead atoms. The van der Waals surface area contributed by atoms with Crippen molar-refractivity contribution in [3.05, 3.63) is 28.5 Å². The Hall–Kier alpha value is -2.10. The van der Waals surface area contributed by atoms with Gasteiger partial charge in [0.05, 0.1) is 10.6 Å². The van der Waals surface area contributed by atoms with Crippen LogP contribution in [-0.2, 0) is 0 Å². The van der Waals surface area contributed by atoms with E-state index < -0.39 is 24.7 Å². The maximum absolute atomic E-state index is 13.2. The molecular weight excluding hydrogens is 341 g/mol. The highest BCUT2D eigenvalue weighted by Gasteiger charge is 2.27. The molecule has 0 unspecified atom stereocenters. The number of hydrogen-bond donors (Lipinski definition) is 1. The fraction of sp³-hybridized carbons (Fsp3) is 0.308. The Bertz CT molecular complexity index is 714. The van der Waals surface area contributed by atoms with Gasteiger partial charge in [-0.25, -0.2) is 18.7 Å². The number of alkyl halides is 5. The number of thiazole rings is 1. The SMILES string of the molecule is Cc1nc(C=O)sc1-c1cnc(NCC(F)(F)F)cc1C(F)F. The summed E-state index contributed by atoms with van der Waals surface area (Å²) in [6.45, 7) is 0.167. The summed E-state index contributed by atoms with van der Waals surface area (Å²) >= 11 is 0.915. The van der Waals surface area contributed by atoms with Crippen LogP contribution in [0.4, 0.5) is 27.8 Å². The number of rotatable bonds is 5. The molecule has 23 heavy (non-hydrogen) atoms. The molecule has 0 saturated carbocycles. The average molecular weight is 351 g/mol. The first-order valence-electron chi connectivity index (χ1n) is 6.23. The standard InChI is InChI=1S/C13H10F5N3OS/c1-6-11(23-10(4-22)21-6)8-3-19-9(2-7(8)12(14)15)20-5-13(16,17)18/h2-4,12H,5H2,1H3,(H,19,20). The van der Waals surface area contributed by atoms with Crippen LogP contribution in [0.2, 0.25) is 0 Å². The number of nitrogens with zero attached hydrogens (tertiary/aromatic N) is 2. The van der Waals surface area contributed by atoms with Gasteiger partial charge in [-0.05, 0) is 13.0 Å². The molecule has 2 heterocycles. The van der Waals surface area contributed by atoms with Crippen LogP contribution in [0.1, 0.15) is 27.5 Å². The predicted octanol–water partition coefficient (Wildman–Crippen LogP) is 4.24. The van der Waals surface area contributed by atoms with Crippen molar-refractivity contribution < 1.29 is 26.7 Å². The van der Waals surface area contributed by atoms with E-state index >= 15 is 0 Å². The van der Waals surface area contributed by atoms with Gasteiger partial charge in [-0.3, -0.25) is 4.79 Å². The fourth-order valence-corrected chi connectivity index (χ4v) is 2.76. The third-order valence-electron chi connectivity index (χ3n) is 2.80. The molecule has 1 N–H and O–H groups in total. The number of carbonyl (C=O) groups excluding carboxylic acids is 1. The molecule has 0 spiro atoms. The lowest BCUT2D eigenvalue weighted by atomic mass is 10.1. The largest absolute Gasteiger partial charge is 0.405 e. The highest BCUT2D eigenvalue weighted by Crippen LogP contribution is 2.37. The smallest absolute Gasteiger partial charge is 0.361 e. The molecule has 0 atom stereocenters. The predicted molar refractivity (Wildman–Crippen MR) is 75.0 cm³/mol. The molecule has 0 fully saturated rings. The first kappa shape index (κ1) is 17.3. The molecule has 0 saturated heterocycles. The number of hydrogen-bond acceptors (Lipinski definition) is 5. The van der Waals surface area contributed by atoms with Gasteiger partial charge < -0.3 is 5.32 Å². The van der Waals surface area contributed by atoms with Gasteiger partial charge in [-0.1, -0.05) is 0 Å². The van der Waals surface area contributed by atoms with Gasteiger partial charge in [0.25, 0.3) is 6.43 Å². The van der Waals surface area contributed by atoms with E-state index in [0.717, 1.165) is 23.6 Å². The second-order valence-corrected chi connectivity index (χ2v) is 5.54. The molecule has 4 nitrogen and oxygen atoms in total. The molecular formula is C13H10F5N3OS. The van der Waals surface area contributed by atoms with E-state index in [-0.39, 0.29) is 16.4 Å². The van der Waals surface area contributed by atoms with Crippen LogP contribution in [0.5, 0.6) is 0 Å². The third-order valence-corrected chi connectivity index (χ3v) is 3.92. The lowest BCUT2D eigenvalue weighted by Crippen LogP contribution is -2.21. The minimum Gasteiger partial charge on any atom is -0.361 e. The normalized spacial score (nSPS) is 11.8. The Morgan fingerprint density at radius 1 is 1.39 bits per heavy atom.